The summed E-state index contributed by atoms with van der Waals surface area (Å²) < 4.78 is 88.8. The Balaban J connectivity index is 2.24. The molecular formula is C35H37F6N3O4. The Morgan fingerprint density at radius 1 is 1.04 bits per heavy atom. The minimum atomic E-state index is -4.86. The number of hydrogen-bond donors (Lipinski definition) is 2. The first kappa shape index (κ1) is 37.9. The molecule has 48 heavy (non-hydrogen) atoms. The van der Waals surface area contributed by atoms with Crippen molar-refractivity contribution >= 4 is 11.9 Å². The van der Waals surface area contributed by atoms with Crippen LogP contribution in [0.15, 0.2) is 35.3 Å². The van der Waals surface area contributed by atoms with Gasteiger partial charge in [-0.15, -0.1) is 6.42 Å². The van der Waals surface area contributed by atoms with Crippen molar-refractivity contribution in [3.8, 4) is 23.5 Å². The summed E-state index contributed by atoms with van der Waals surface area (Å²) in [6.45, 7) is 6.54. The lowest BCUT2D eigenvalue weighted by Gasteiger charge is -2.27. The van der Waals surface area contributed by atoms with E-state index in [0.717, 1.165) is 29.0 Å². The van der Waals surface area contributed by atoms with Crippen molar-refractivity contribution in [1.29, 1.82) is 0 Å². The number of terminal acetylenes is 1. The number of aromatic nitrogens is 1. The van der Waals surface area contributed by atoms with Crippen molar-refractivity contribution < 1.29 is 41.0 Å². The largest absolute Gasteiger partial charge is 0.481 e. The van der Waals surface area contributed by atoms with E-state index in [0.29, 0.717) is 6.07 Å². The van der Waals surface area contributed by atoms with Gasteiger partial charge in [-0.25, -0.2) is 13.2 Å². The zero-order valence-electron chi connectivity index (χ0n) is 27.4. The van der Waals surface area contributed by atoms with E-state index in [1.165, 1.54) is 13.8 Å². The van der Waals surface area contributed by atoms with E-state index in [1.807, 2.05) is 0 Å². The number of hydrogen-bond acceptors (Lipinski definition) is 4. The van der Waals surface area contributed by atoms with Crippen molar-refractivity contribution in [3.05, 3.63) is 91.6 Å². The summed E-state index contributed by atoms with van der Waals surface area (Å²) in [6.07, 6.45) is 0.353. The number of pyridine rings is 1. The van der Waals surface area contributed by atoms with Gasteiger partial charge in [0, 0.05) is 29.9 Å². The zero-order valence-corrected chi connectivity index (χ0v) is 27.4. The number of carboxylic acids is 1. The van der Waals surface area contributed by atoms with Crippen LogP contribution in [0.5, 0.6) is 0 Å². The number of aryl methyl sites for hydroxylation is 2. The molecule has 1 amide bonds. The number of carboxylic acid groups (broad SMARTS) is 1. The number of alkyl halides is 3. The molecule has 1 aromatic heterocycles. The maximum absolute atomic E-state index is 16.4. The maximum atomic E-state index is 16.4. The van der Waals surface area contributed by atoms with Crippen molar-refractivity contribution in [2.75, 3.05) is 20.6 Å². The zero-order chi connectivity index (χ0) is 36.2. The Kier molecular flexibility index (Phi) is 11.9. The molecule has 7 nitrogen and oxygen atoms in total. The number of nitrogens with zero attached hydrogens (tertiary/aromatic N) is 2. The van der Waals surface area contributed by atoms with Crippen LogP contribution in [0.25, 0.3) is 11.1 Å². The third-order valence-electron chi connectivity index (χ3n) is 7.83. The predicted octanol–water partition coefficient (Wildman–Crippen LogP) is 6.57. The highest BCUT2D eigenvalue weighted by Crippen LogP contribution is 2.37. The van der Waals surface area contributed by atoms with Crippen LogP contribution in [-0.4, -0.2) is 47.1 Å². The summed E-state index contributed by atoms with van der Waals surface area (Å²) in [7, 11) is 3.30. The number of halogens is 6. The highest BCUT2D eigenvalue weighted by molar-refractivity contribution is 5.82. The van der Waals surface area contributed by atoms with Crippen LogP contribution in [-0.2, 0) is 22.2 Å². The van der Waals surface area contributed by atoms with E-state index in [1.54, 1.807) is 32.8 Å². The van der Waals surface area contributed by atoms with Gasteiger partial charge in [0.25, 0.3) is 5.56 Å². The summed E-state index contributed by atoms with van der Waals surface area (Å²) in [6, 6.07) is 0.313. The molecule has 13 heteroatoms. The fourth-order valence-corrected chi connectivity index (χ4v) is 5.69. The highest BCUT2D eigenvalue weighted by atomic mass is 19.4. The third kappa shape index (κ3) is 8.66. The van der Waals surface area contributed by atoms with Crippen LogP contribution in [0.2, 0.25) is 0 Å². The molecule has 1 heterocycles. The van der Waals surface area contributed by atoms with Gasteiger partial charge < -0.3 is 19.9 Å². The summed E-state index contributed by atoms with van der Waals surface area (Å²) in [4.78, 5) is 40.7. The Morgan fingerprint density at radius 2 is 1.65 bits per heavy atom. The smallest absolute Gasteiger partial charge is 0.416 e. The van der Waals surface area contributed by atoms with Crippen LogP contribution in [0, 0.1) is 49.6 Å². The molecule has 0 bridgehead atoms. The second-order valence-corrected chi connectivity index (χ2v) is 12.4. The third-order valence-corrected chi connectivity index (χ3v) is 7.83. The first-order valence-electron chi connectivity index (χ1n) is 15.0. The second kappa shape index (κ2) is 15.1. The first-order chi connectivity index (χ1) is 22.3. The average Bonchev–Trinajstić information content (AvgIpc) is 2.94. The lowest BCUT2D eigenvalue weighted by Crippen LogP contribution is -2.41. The molecule has 0 saturated carbocycles. The number of benzene rings is 2. The second-order valence-electron chi connectivity index (χ2n) is 12.4. The minimum absolute atomic E-state index is 0.0986. The molecule has 0 saturated heterocycles. The summed E-state index contributed by atoms with van der Waals surface area (Å²) in [5.41, 5.74) is -3.45. The topological polar surface area (TPSA) is 91.6 Å². The Labute approximate surface area is 274 Å². The van der Waals surface area contributed by atoms with E-state index in [9.17, 15) is 37.1 Å². The van der Waals surface area contributed by atoms with Gasteiger partial charge in [-0.1, -0.05) is 19.8 Å². The fraction of sp³-hybridized carbons (Fsp3) is 0.400. The van der Waals surface area contributed by atoms with Gasteiger partial charge in [-0.05, 0) is 87.2 Å². The van der Waals surface area contributed by atoms with Gasteiger partial charge in [0.1, 0.15) is 23.5 Å². The molecule has 0 aliphatic carbocycles. The molecule has 2 N–H and O–H groups in total. The summed E-state index contributed by atoms with van der Waals surface area (Å²) >= 11 is 0. The molecule has 0 unspecified atom stereocenters. The summed E-state index contributed by atoms with van der Waals surface area (Å²) in [5.74, 6) is -4.02. The Bertz CT molecular complexity index is 1780. The van der Waals surface area contributed by atoms with Crippen molar-refractivity contribution in [2.45, 2.75) is 65.2 Å². The SMILES string of the molecule is C#Cc1cc(-c2c(C)cc(F)cc2C)c(F)c([C@@H](CC(=O)O)NC(=O)[C@H](CC(C)C)n2cc(CCN(C)C)c(C(F)(F)F)cc2=O)c1F. The van der Waals surface area contributed by atoms with Crippen LogP contribution >= 0.6 is 0 Å². The van der Waals surface area contributed by atoms with Gasteiger partial charge in [0.2, 0.25) is 5.91 Å². The predicted molar refractivity (Wildman–Crippen MR) is 169 cm³/mol. The van der Waals surface area contributed by atoms with E-state index < -0.39 is 76.3 Å². The quantitative estimate of drug-likeness (QED) is 0.167. The molecule has 0 fully saturated rings. The molecule has 3 rings (SSSR count). The molecule has 0 aliphatic heterocycles. The normalized spacial score (nSPS) is 13.0. The number of carbonyl (C=O) groups excluding carboxylic acids is 1. The van der Waals surface area contributed by atoms with Crippen molar-refractivity contribution in [2.24, 2.45) is 5.92 Å². The molecule has 3 aromatic rings. The van der Waals surface area contributed by atoms with Gasteiger partial charge in [0.05, 0.1) is 23.6 Å². The Morgan fingerprint density at radius 3 is 2.15 bits per heavy atom. The van der Waals surface area contributed by atoms with Crippen molar-refractivity contribution in [3.63, 3.8) is 0 Å². The Hall–Kier alpha value is -4.57. The number of likely N-dealkylation sites (N-methyl/N-ethyl adjacent to an activating group) is 1. The maximum Gasteiger partial charge on any atom is 0.416 e. The molecule has 2 aromatic carbocycles. The molecule has 0 aliphatic rings. The van der Waals surface area contributed by atoms with Crippen molar-refractivity contribution in [1.82, 2.24) is 14.8 Å². The van der Waals surface area contributed by atoms with Crippen LogP contribution in [0.1, 0.15) is 72.2 Å². The monoisotopic (exact) mass is 677 g/mol. The lowest BCUT2D eigenvalue weighted by atomic mass is 9.89. The van der Waals surface area contributed by atoms with Gasteiger partial charge >= 0.3 is 12.1 Å². The molecule has 2 atom stereocenters. The number of nitrogens with one attached hydrogen (secondary N) is 1. The standard InChI is InChI=1S/C35H37F6N3O4/c1-8-21-14-24(30-19(4)12-23(36)13-20(30)5)33(38)31(32(21)37)26(16-29(46)47)42-34(48)27(11-18(2)3)44-17-22(9-10-43(6)7)25(15-28(44)45)35(39,40)41/h1,12-15,17-18,26-27H,9-11,16H2,2-7H3,(H,42,48)(H,46,47)/t26-,27+/m1/s1. The van der Waals surface area contributed by atoms with E-state index in [4.69, 9.17) is 6.42 Å². The highest BCUT2D eigenvalue weighted by Gasteiger charge is 2.36. The molecule has 0 radical (unpaired) electrons. The minimum Gasteiger partial charge on any atom is -0.481 e. The number of aliphatic carboxylic acids is 1. The van der Waals surface area contributed by atoms with Crippen LogP contribution in [0.3, 0.4) is 0 Å². The summed E-state index contributed by atoms with van der Waals surface area (Å²) in [5, 5.41) is 12.1. The average molecular weight is 678 g/mol. The number of amides is 1. The molecule has 258 valence electrons. The number of rotatable bonds is 12. The van der Waals surface area contributed by atoms with E-state index in [-0.39, 0.29) is 53.1 Å². The van der Waals surface area contributed by atoms with Gasteiger partial charge in [-0.3, -0.25) is 14.4 Å². The van der Waals surface area contributed by atoms with E-state index in [2.05, 4.69) is 11.2 Å². The van der Waals surface area contributed by atoms with Crippen LogP contribution in [0.4, 0.5) is 26.3 Å². The van der Waals surface area contributed by atoms with Crippen LogP contribution < -0.4 is 10.9 Å². The number of carbonyl (C=O) groups is 2. The fourth-order valence-electron chi connectivity index (χ4n) is 5.69. The molecular weight excluding hydrogens is 640 g/mol. The lowest BCUT2D eigenvalue weighted by molar-refractivity contribution is -0.139. The molecule has 0 spiro atoms. The first-order valence-corrected chi connectivity index (χ1v) is 15.0. The van der Waals surface area contributed by atoms with Gasteiger partial charge in [-0.2, -0.15) is 13.2 Å². The van der Waals surface area contributed by atoms with E-state index >= 15 is 8.78 Å². The van der Waals surface area contributed by atoms with Gasteiger partial charge in [0.15, 0.2) is 0 Å².